The molecule has 0 aliphatic heterocycles. The zero-order valence-electron chi connectivity index (χ0n) is 10.6. The summed E-state index contributed by atoms with van der Waals surface area (Å²) in [5.41, 5.74) is 5.95. The Bertz CT molecular complexity index is 246. The first-order valence-electron chi connectivity index (χ1n) is 5.47. The van der Waals surface area contributed by atoms with Crippen molar-refractivity contribution in [1.82, 2.24) is 10.6 Å². The van der Waals surface area contributed by atoms with Crippen LogP contribution in [0.4, 0.5) is 0 Å². The number of carbonyl (C=O) groups is 2. The summed E-state index contributed by atoms with van der Waals surface area (Å²) in [6.45, 7) is 6.25. The average molecular weight is 229 g/mol. The highest BCUT2D eigenvalue weighted by Gasteiger charge is 2.18. The van der Waals surface area contributed by atoms with E-state index in [1.165, 1.54) is 7.05 Å². The van der Waals surface area contributed by atoms with Gasteiger partial charge in [0.15, 0.2) is 0 Å². The molecular weight excluding hydrogens is 206 g/mol. The van der Waals surface area contributed by atoms with Gasteiger partial charge >= 0.3 is 0 Å². The highest BCUT2D eigenvalue weighted by molar-refractivity contribution is 5.84. The second-order valence-corrected chi connectivity index (χ2v) is 5.18. The standard InChI is InChI=1S/C11H23N3O2/c1-11(2,3)6-8(12)5-9(15)14-7-10(16)13-4/h8H,5-7,12H2,1-4H3,(H,13,16)(H,14,15). The van der Waals surface area contributed by atoms with Crippen molar-refractivity contribution in [3.63, 3.8) is 0 Å². The maximum atomic E-state index is 11.4. The zero-order chi connectivity index (χ0) is 12.8. The van der Waals surface area contributed by atoms with Gasteiger partial charge in [-0.15, -0.1) is 0 Å². The van der Waals surface area contributed by atoms with Gasteiger partial charge in [-0.1, -0.05) is 20.8 Å². The Balaban J connectivity index is 3.83. The Hall–Kier alpha value is -1.10. The fraction of sp³-hybridized carbons (Fsp3) is 0.818. The summed E-state index contributed by atoms with van der Waals surface area (Å²) in [6, 6.07) is -0.162. The minimum atomic E-state index is -0.210. The highest BCUT2D eigenvalue weighted by Crippen LogP contribution is 2.20. The molecule has 0 fully saturated rings. The molecule has 94 valence electrons. The Labute approximate surface area is 97.2 Å². The molecule has 0 radical (unpaired) electrons. The monoisotopic (exact) mass is 229 g/mol. The first kappa shape index (κ1) is 14.9. The van der Waals surface area contributed by atoms with Crippen LogP contribution in [-0.2, 0) is 9.59 Å². The molecule has 5 heteroatoms. The number of rotatable bonds is 5. The molecule has 16 heavy (non-hydrogen) atoms. The summed E-state index contributed by atoms with van der Waals surface area (Å²) in [5.74, 6) is -0.391. The van der Waals surface area contributed by atoms with Crippen LogP contribution in [-0.4, -0.2) is 31.4 Å². The minimum absolute atomic E-state index is 0.0115. The molecule has 0 saturated carbocycles. The third-order valence-corrected chi connectivity index (χ3v) is 2.05. The van der Waals surface area contributed by atoms with Crippen LogP contribution in [0.25, 0.3) is 0 Å². The van der Waals surface area contributed by atoms with Crippen LogP contribution in [0.3, 0.4) is 0 Å². The van der Waals surface area contributed by atoms with Crippen molar-refractivity contribution in [2.24, 2.45) is 11.1 Å². The zero-order valence-corrected chi connectivity index (χ0v) is 10.6. The van der Waals surface area contributed by atoms with E-state index in [4.69, 9.17) is 5.73 Å². The lowest BCUT2D eigenvalue weighted by molar-refractivity contribution is -0.126. The average Bonchev–Trinajstić information content (AvgIpc) is 2.10. The van der Waals surface area contributed by atoms with Gasteiger partial charge in [-0.05, 0) is 11.8 Å². The van der Waals surface area contributed by atoms with Crippen LogP contribution >= 0.6 is 0 Å². The minimum Gasteiger partial charge on any atom is -0.358 e. The lowest BCUT2D eigenvalue weighted by Crippen LogP contribution is -2.38. The molecule has 1 unspecified atom stereocenters. The van der Waals surface area contributed by atoms with Crippen LogP contribution in [0.1, 0.15) is 33.6 Å². The second kappa shape index (κ2) is 6.48. The summed E-state index contributed by atoms with van der Waals surface area (Å²) in [6.07, 6.45) is 1.04. The molecule has 0 saturated heterocycles. The van der Waals surface area contributed by atoms with Gasteiger partial charge in [0.25, 0.3) is 0 Å². The number of carbonyl (C=O) groups excluding carboxylic acids is 2. The van der Waals surface area contributed by atoms with Crippen LogP contribution in [0, 0.1) is 5.41 Å². The molecule has 0 aromatic carbocycles. The molecule has 0 aliphatic rings. The smallest absolute Gasteiger partial charge is 0.239 e. The SMILES string of the molecule is CNC(=O)CNC(=O)CC(N)CC(C)(C)C. The first-order chi connectivity index (χ1) is 7.24. The lowest BCUT2D eigenvalue weighted by Gasteiger charge is -2.22. The van der Waals surface area contributed by atoms with Gasteiger partial charge in [0, 0.05) is 19.5 Å². The van der Waals surface area contributed by atoms with Crippen molar-refractivity contribution in [3.8, 4) is 0 Å². The van der Waals surface area contributed by atoms with Gasteiger partial charge in [0.05, 0.1) is 6.54 Å². The van der Waals surface area contributed by atoms with Gasteiger partial charge in [0.1, 0.15) is 0 Å². The van der Waals surface area contributed by atoms with Crippen LogP contribution in [0.15, 0.2) is 0 Å². The number of nitrogens with one attached hydrogen (secondary N) is 2. The van der Waals surface area contributed by atoms with Gasteiger partial charge in [-0.2, -0.15) is 0 Å². The maximum absolute atomic E-state index is 11.4. The predicted molar refractivity (Wildman–Crippen MR) is 63.7 cm³/mol. The van der Waals surface area contributed by atoms with Crippen LogP contribution < -0.4 is 16.4 Å². The van der Waals surface area contributed by atoms with E-state index in [-0.39, 0.29) is 36.2 Å². The summed E-state index contributed by atoms with van der Waals surface area (Å²) in [5, 5.41) is 4.95. The number of hydrogen-bond donors (Lipinski definition) is 3. The summed E-state index contributed by atoms with van der Waals surface area (Å²) >= 11 is 0. The fourth-order valence-electron chi connectivity index (χ4n) is 1.44. The molecule has 0 aromatic heterocycles. The maximum Gasteiger partial charge on any atom is 0.239 e. The molecule has 0 aromatic rings. The number of nitrogens with two attached hydrogens (primary N) is 1. The summed E-state index contributed by atoms with van der Waals surface area (Å²) in [4.78, 5) is 22.3. The van der Waals surface area contributed by atoms with Crippen molar-refractivity contribution < 1.29 is 9.59 Å². The number of amides is 2. The second-order valence-electron chi connectivity index (χ2n) is 5.18. The molecule has 4 N–H and O–H groups in total. The van der Waals surface area contributed by atoms with Crippen molar-refractivity contribution >= 4 is 11.8 Å². The molecule has 1 atom stereocenters. The van der Waals surface area contributed by atoms with E-state index in [9.17, 15) is 9.59 Å². The fourth-order valence-corrected chi connectivity index (χ4v) is 1.44. The van der Waals surface area contributed by atoms with Crippen molar-refractivity contribution in [2.45, 2.75) is 39.7 Å². The number of hydrogen-bond acceptors (Lipinski definition) is 3. The van der Waals surface area contributed by atoms with E-state index >= 15 is 0 Å². The molecule has 0 bridgehead atoms. The predicted octanol–water partition coefficient (Wildman–Crippen LogP) is 0.00220. The van der Waals surface area contributed by atoms with Crippen LogP contribution in [0.5, 0.6) is 0 Å². The van der Waals surface area contributed by atoms with Crippen LogP contribution in [0.2, 0.25) is 0 Å². The molecule has 2 amide bonds. The molecule has 0 spiro atoms. The molecule has 5 nitrogen and oxygen atoms in total. The van der Waals surface area contributed by atoms with E-state index in [2.05, 4.69) is 31.4 Å². The van der Waals surface area contributed by atoms with E-state index in [1.54, 1.807) is 0 Å². The third kappa shape index (κ3) is 8.23. The van der Waals surface area contributed by atoms with E-state index in [1.807, 2.05) is 0 Å². The van der Waals surface area contributed by atoms with Gasteiger partial charge in [0.2, 0.25) is 11.8 Å². The normalized spacial score (nSPS) is 13.1. The van der Waals surface area contributed by atoms with E-state index < -0.39 is 0 Å². The van der Waals surface area contributed by atoms with Crippen molar-refractivity contribution in [3.05, 3.63) is 0 Å². The Morgan fingerprint density at radius 1 is 1.25 bits per heavy atom. The van der Waals surface area contributed by atoms with E-state index in [0.29, 0.717) is 0 Å². The first-order valence-corrected chi connectivity index (χ1v) is 5.47. The van der Waals surface area contributed by atoms with E-state index in [0.717, 1.165) is 6.42 Å². The van der Waals surface area contributed by atoms with Gasteiger partial charge in [-0.3, -0.25) is 9.59 Å². The highest BCUT2D eigenvalue weighted by atomic mass is 16.2. The molecular formula is C11H23N3O2. The quantitative estimate of drug-likeness (QED) is 0.620. The largest absolute Gasteiger partial charge is 0.358 e. The summed E-state index contributed by atoms with van der Waals surface area (Å²) in [7, 11) is 1.53. The Morgan fingerprint density at radius 2 is 1.81 bits per heavy atom. The topological polar surface area (TPSA) is 84.2 Å². The van der Waals surface area contributed by atoms with Crippen molar-refractivity contribution in [2.75, 3.05) is 13.6 Å². The summed E-state index contributed by atoms with van der Waals surface area (Å²) < 4.78 is 0. The Morgan fingerprint density at radius 3 is 2.25 bits per heavy atom. The van der Waals surface area contributed by atoms with Gasteiger partial charge < -0.3 is 16.4 Å². The molecule has 0 rings (SSSR count). The van der Waals surface area contributed by atoms with Crippen molar-refractivity contribution in [1.29, 1.82) is 0 Å². The Kier molecular flexibility index (Phi) is 6.03. The molecule has 0 heterocycles. The molecule has 0 aliphatic carbocycles. The lowest BCUT2D eigenvalue weighted by atomic mass is 9.87. The third-order valence-electron chi connectivity index (χ3n) is 2.05. The number of likely N-dealkylation sites (N-methyl/N-ethyl adjacent to an activating group) is 1. The van der Waals surface area contributed by atoms with Gasteiger partial charge in [-0.25, -0.2) is 0 Å².